The highest BCUT2D eigenvalue weighted by molar-refractivity contribution is 5.94. The summed E-state index contributed by atoms with van der Waals surface area (Å²) < 4.78 is 52.6. The van der Waals surface area contributed by atoms with E-state index in [1.165, 1.54) is 26.4 Å². The van der Waals surface area contributed by atoms with Crippen LogP contribution in [0.4, 0.5) is 18.9 Å². The van der Waals surface area contributed by atoms with E-state index in [0.29, 0.717) is 22.7 Å². The van der Waals surface area contributed by atoms with Crippen molar-refractivity contribution in [3.05, 3.63) is 53.6 Å². The number of anilines is 1. The van der Waals surface area contributed by atoms with E-state index < -0.39 is 30.2 Å². The number of rotatable bonds is 7. The first kappa shape index (κ1) is 21.1. The number of carbonyl (C=O) groups excluding carboxylic acids is 2. The summed E-state index contributed by atoms with van der Waals surface area (Å²) in [6.07, 6.45) is -4.70. The predicted octanol–water partition coefficient (Wildman–Crippen LogP) is 3.45. The lowest BCUT2D eigenvalue weighted by Crippen LogP contribution is -2.22. The lowest BCUT2D eigenvalue weighted by Gasteiger charge is -2.12. The van der Waals surface area contributed by atoms with Crippen molar-refractivity contribution in [2.75, 3.05) is 26.1 Å². The van der Waals surface area contributed by atoms with Gasteiger partial charge >= 0.3 is 12.1 Å². The fraction of sp³-hybridized carbons (Fsp3) is 0.263. The highest BCUT2D eigenvalue weighted by atomic mass is 19.4. The first-order valence-electron chi connectivity index (χ1n) is 8.06. The van der Waals surface area contributed by atoms with Gasteiger partial charge in [0.05, 0.1) is 31.9 Å². The number of benzene rings is 2. The smallest absolute Gasteiger partial charge is 0.416 e. The van der Waals surface area contributed by atoms with Crippen LogP contribution in [0.1, 0.15) is 11.1 Å². The number of hydrogen-bond acceptors (Lipinski definition) is 5. The van der Waals surface area contributed by atoms with Crippen molar-refractivity contribution in [3.8, 4) is 11.5 Å². The Morgan fingerprint density at radius 1 is 1.00 bits per heavy atom. The van der Waals surface area contributed by atoms with Crippen LogP contribution in [0.2, 0.25) is 0 Å². The maximum Gasteiger partial charge on any atom is 0.416 e. The quantitative estimate of drug-likeness (QED) is 0.725. The van der Waals surface area contributed by atoms with E-state index in [0.717, 1.165) is 12.1 Å². The molecule has 6 nitrogen and oxygen atoms in total. The number of ether oxygens (including phenoxy) is 3. The zero-order valence-electron chi connectivity index (χ0n) is 15.1. The number of esters is 1. The van der Waals surface area contributed by atoms with Crippen molar-refractivity contribution in [3.63, 3.8) is 0 Å². The topological polar surface area (TPSA) is 73.9 Å². The lowest BCUT2D eigenvalue weighted by atomic mass is 10.1. The Hall–Kier alpha value is -3.23. The maximum atomic E-state index is 12.5. The predicted molar refractivity (Wildman–Crippen MR) is 94.3 cm³/mol. The molecule has 9 heteroatoms. The minimum atomic E-state index is -4.44. The van der Waals surface area contributed by atoms with Gasteiger partial charge in [0, 0.05) is 6.07 Å². The largest absolute Gasteiger partial charge is 0.497 e. The first-order chi connectivity index (χ1) is 13.2. The van der Waals surface area contributed by atoms with Gasteiger partial charge in [-0.15, -0.1) is 0 Å². The number of hydrogen-bond donors (Lipinski definition) is 1. The van der Waals surface area contributed by atoms with Crippen LogP contribution >= 0.6 is 0 Å². The molecule has 0 saturated carbocycles. The van der Waals surface area contributed by atoms with Crippen LogP contribution < -0.4 is 14.8 Å². The van der Waals surface area contributed by atoms with E-state index in [1.807, 2.05) is 0 Å². The second-order valence-corrected chi connectivity index (χ2v) is 5.65. The number of amides is 1. The molecule has 1 N–H and O–H groups in total. The van der Waals surface area contributed by atoms with Crippen molar-refractivity contribution in [2.45, 2.75) is 12.6 Å². The van der Waals surface area contributed by atoms with Gasteiger partial charge in [0.15, 0.2) is 6.61 Å². The molecule has 0 unspecified atom stereocenters. The zero-order valence-corrected chi connectivity index (χ0v) is 15.1. The molecule has 0 saturated heterocycles. The van der Waals surface area contributed by atoms with E-state index in [4.69, 9.17) is 14.2 Å². The van der Waals surface area contributed by atoms with Crippen LogP contribution in [0.5, 0.6) is 11.5 Å². The Bertz CT molecular complexity index is 834. The third kappa shape index (κ3) is 5.90. The third-order valence-electron chi connectivity index (χ3n) is 3.68. The number of carbonyl (C=O) groups is 2. The highest BCUT2D eigenvalue weighted by Gasteiger charge is 2.30. The lowest BCUT2D eigenvalue weighted by molar-refractivity contribution is -0.146. The van der Waals surface area contributed by atoms with Gasteiger partial charge in [-0.25, -0.2) is 0 Å². The summed E-state index contributed by atoms with van der Waals surface area (Å²) in [7, 11) is 2.91. The molecule has 1 amide bonds. The second-order valence-electron chi connectivity index (χ2n) is 5.65. The summed E-state index contributed by atoms with van der Waals surface area (Å²) in [6, 6.07) is 8.90. The fourth-order valence-corrected chi connectivity index (χ4v) is 2.26. The van der Waals surface area contributed by atoms with Gasteiger partial charge in [0.1, 0.15) is 11.5 Å². The van der Waals surface area contributed by atoms with Crippen molar-refractivity contribution in [1.82, 2.24) is 0 Å². The molecular weight excluding hydrogens is 379 g/mol. The molecule has 2 rings (SSSR count). The average molecular weight is 397 g/mol. The third-order valence-corrected chi connectivity index (χ3v) is 3.68. The van der Waals surface area contributed by atoms with Crippen LogP contribution in [-0.2, 0) is 26.9 Å². The Labute approximate surface area is 159 Å². The molecule has 2 aromatic carbocycles. The number of methoxy groups -OCH3 is 2. The molecule has 0 bridgehead atoms. The highest BCUT2D eigenvalue weighted by Crippen LogP contribution is 2.30. The summed E-state index contributed by atoms with van der Waals surface area (Å²) in [5, 5.41) is 2.53. The van der Waals surface area contributed by atoms with Crippen LogP contribution in [0.15, 0.2) is 42.5 Å². The molecule has 2 aromatic rings. The van der Waals surface area contributed by atoms with Gasteiger partial charge < -0.3 is 19.5 Å². The Morgan fingerprint density at radius 3 is 2.25 bits per heavy atom. The van der Waals surface area contributed by atoms with Gasteiger partial charge in [0.25, 0.3) is 5.91 Å². The van der Waals surface area contributed by atoms with Gasteiger partial charge in [-0.2, -0.15) is 13.2 Å². The maximum absolute atomic E-state index is 12.5. The molecule has 0 fully saturated rings. The van der Waals surface area contributed by atoms with Crippen molar-refractivity contribution in [2.24, 2.45) is 0 Å². The van der Waals surface area contributed by atoms with Crippen molar-refractivity contribution in [1.29, 1.82) is 0 Å². The summed E-state index contributed by atoms with van der Waals surface area (Å²) >= 11 is 0. The average Bonchev–Trinajstić information content (AvgIpc) is 2.66. The minimum absolute atomic E-state index is 0.253. The van der Waals surface area contributed by atoms with Crippen LogP contribution in [0.3, 0.4) is 0 Å². The Kier molecular flexibility index (Phi) is 6.86. The van der Waals surface area contributed by atoms with Gasteiger partial charge in [-0.1, -0.05) is 12.1 Å². The van der Waals surface area contributed by atoms with Gasteiger partial charge in [-0.05, 0) is 29.8 Å². The Balaban J connectivity index is 1.86. The van der Waals surface area contributed by atoms with E-state index in [-0.39, 0.29) is 6.42 Å². The van der Waals surface area contributed by atoms with Crippen molar-refractivity contribution >= 4 is 17.6 Å². The molecule has 28 heavy (non-hydrogen) atoms. The van der Waals surface area contributed by atoms with E-state index in [1.54, 1.807) is 18.2 Å². The van der Waals surface area contributed by atoms with Crippen LogP contribution in [-0.4, -0.2) is 32.7 Å². The second kappa shape index (κ2) is 9.12. The standard InChI is InChI=1S/C19H18F3NO5/c1-26-14-7-8-15(16(10-14)27-2)23-17(24)11-28-18(25)9-12-3-5-13(6-4-12)19(20,21)22/h3-8,10H,9,11H2,1-2H3,(H,23,24). The summed E-state index contributed by atoms with van der Waals surface area (Å²) in [6.45, 7) is -0.547. The molecule has 0 aliphatic rings. The zero-order chi connectivity index (χ0) is 20.7. The molecule has 0 heterocycles. The fourth-order valence-electron chi connectivity index (χ4n) is 2.26. The molecule has 0 aliphatic carbocycles. The normalized spacial score (nSPS) is 10.9. The molecule has 150 valence electrons. The van der Waals surface area contributed by atoms with Crippen molar-refractivity contribution < 1.29 is 37.0 Å². The molecule has 0 atom stereocenters. The number of halogens is 3. The van der Waals surface area contributed by atoms with E-state index in [9.17, 15) is 22.8 Å². The van der Waals surface area contributed by atoms with E-state index in [2.05, 4.69) is 5.32 Å². The first-order valence-corrected chi connectivity index (χ1v) is 8.06. The summed E-state index contributed by atoms with van der Waals surface area (Å²) in [4.78, 5) is 23.7. The number of alkyl halides is 3. The van der Waals surface area contributed by atoms with Gasteiger partial charge in [-0.3, -0.25) is 9.59 Å². The monoisotopic (exact) mass is 397 g/mol. The minimum Gasteiger partial charge on any atom is -0.497 e. The summed E-state index contributed by atoms with van der Waals surface area (Å²) in [5.41, 5.74) is -0.0974. The Morgan fingerprint density at radius 2 is 1.68 bits per heavy atom. The van der Waals surface area contributed by atoms with E-state index >= 15 is 0 Å². The molecule has 0 spiro atoms. The van der Waals surface area contributed by atoms with Crippen LogP contribution in [0.25, 0.3) is 0 Å². The molecule has 0 aliphatic heterocycles. The number of nitrogens with one attached hydrogen (secondary N) is 1. The molecule has 0 aromatic heterocycles. The SMILES string of the molecule is COc1ccc(NC(=O)COC(=O)Cc2ccc(C(F)(F)F)cc2)c(OC)c1. The van der Waals surface area contributed by atoms with Crippen LogP contribution in [0, 0.1) is 0 Å². The van der Waals surface area contributed by atoms with Gasteiger partial charge in [0.2, 0.25) is 0 Å². The molecule has 0 radical (unpaired) electrons. The summed E-state index contributed by atoms with van der Waals surface area (Å²) in [5.74, 6) is -0.428. The molecular formula is C19H18F3NO5.